The molecule has 2 N–H and O–H groups in total. The zero-order valence-corrected chi connectivity index (χ0v) is 17.3. The Morgan fingerprint density at radius 3 is 2.58 bits per heavy atom. The molecule has 0 aromatic heterocycles. The van der Waals surface area contributed by atoms with Crippen LogP contribution >= 0.6 is 0 Å². The van der Waals surface area contributed by atoms with E-state index in [1.165, 1.54) is 6.26 Å². The fourth-order valence-electron chi connectivity index (χ4n) is 4.73. The highest BCUT2D eigenvalue weighted by atomic mass is 32.2. The summed E-state index contributed by atoms with van der Waals surface area (Å²) in [5.41, 5.74) is 0.123. The van der Waals surface area contributed by atoms with Crippen LogP contribution < -0.4 is 10.6 Å². The molecule has 0 aromatic rings. The highest BCUT2D eigenvalue weighted by molar-refractivity contribution is 7.88. The first kappa shape index (κ1) is 19.9. The van der Waals surface area contributed by atoms with Gasteiger partial charge in [0, 0.05) is 50.2 Å². The summed E-state index contributed by atoms with van der Waals surface area (Å²) in [4.78, 5) is 4.81. The van der Waals surface area contributed by atoms with Crippen molar-refractivity contribution >= 4 is 16.0 Å². The van der Waals surface area contributed by atoms with E-state index >= 15 is 0 Å². The average Bonchev–Trinajstić information content (AvgIpc) is 3.04. The van der Waals surface area contributed by atoms with Crippen molar-refractivity contribution in [2.45, 2.75) is 52.2 Å². The second-order valence-electron chi connectivity index (χ2n) is 8.51. The molecule has 2 saturated heterocycles. The summed E-state index contributed by atoms with van der Waals surface area (Å²) in [5.74, 6) is 1.90. The van der Waals surface area contributed by atoms with Gasteiger partial charge in [-0.2, -0.15) is 0 Å². The first-order chi connectivity index (χ1) is 12.2. The minimum absolute atomic E-state index is 0.123. The maximum Gasteiger partial charge on any atom is 0.211 e. The average molecular weight is 387 g/mol. The van der Waals surface area contributed by atoms with Gasteiger partial charge in [0.1, 0.15) is 0 Å². The zero-order valence-electron chi connectivity index (χ0n) is 16.5. The first-order valence-corrected chi connectivity index (χ1v) is 11.7. The normalized spacial score (nSPS) is 32.8. The Morgan fingerprint density at radius 2 is 1.96 bits per heavy atom. The van der Waals surface area contributed by atoms with E-state index in [4.69, 9.17) is 9.73 Å². The molecular formula is C18H34N4O3S. The lowest BCUT2D eigenvalue weighted by molar-refractivity contribution is -0.106. The monoisotopic (exact) mass is 386 g/mol. The molecule has 1 saturated carbocycles. The van der Waals surface area contributed by atoms with Crippen molar-refractivity contribution in [3.05, 3.63) is 0 Å². The Kier molecular flexibility index (Phi) is 5.84. The summed E-state index contributed by atoms with van der Waals surface area (Å²) in [6.07, 6.45) is 4.53. The van der Waals surface area contributed by atoms with E-state index in [1.54, 1.807) is 4.31 Å². The second kappa shape index (κ2) is 7.64. The molecule has 3 atom stereocenters. The summed E-state index contributed by atoms with van der Waals surface area (Å²) in [5, 5.41) is 7.01. The lowest BCUT2D eigenvalue weighted by Crippen LogP contribution is -2.68. The van der Waals surface area contributed by atoms with Crippen LogP contribution in [0.25, 0.3) is 0 Å². The van der Waals surface area contributed by atoms with E-state index in [2.05, 4.69) is 31.4 Å². The molecule has 1 aliphatic carbocycles. The van der Waals surface area contributed by atoms with Crippen LogP contribution in [0.4, 0.5) is 0 Å². The van der Waals surface area contributed by atoms with Crippen LogP contribution in [0, 0.1) is 17.3 Å². The fourth-order valence-corrected chi connectivity index (χ4v) is 5.60. The number of hydrogen-bond donors (Lipinski definition) is 2. The zero-order chi connectivity index (χ0) is 18.9. The summed E-state index contributed by atoms with van der Waals surface area (Å²) >= 11 is 0. The number of hydrogen-bond acceptors (Lipinski definition) is 4. The lowest BCUT2D eigenvalue weighted by Gasteiger charge is -2.55. The molecule has 0 aromatic carbocycles. The van der Waals surface area contributed by atoms with Gasteiger partial charge < -0.3 is 15.4 Å². The van der Waals surface area contributed by atoms with Crippen LogP contribution in [0.1, 0.15) is 40.0 Å². The number of fused-ring (bicyclic) bond motifs is 1. The number of nitrogens with zero attached hydrogens (tertiary/aromatic N) is 2. The number of aliphatic imine (C=N–C) groups is 1. The van der Waals surface area contributed by atoms with Crippen LogP contribution in [0.2, 0.25) is 0 Å². The van der Waals surface area contributed by atoms with Crippen molar-refractivity contribution < 1.29 is 13.2 Å². The maximum absolute atomic E-state index is 11.6. The third-order valence-corrected chi connectivity index (χ3v) is 7.59. The molecule has 2 heterocycles. The van der Waals surface area contributed by atoms with Crippen molar-refractivity contribution in [2.75, 3.05) is 39.0 Å². The van der Waals surface area contributed by atoms with E-state index in [-0.39, 0.29) is 5.41 Å². The molecule has 3 unspecified atom stereocenters. The predicted molar refractivity (Wildman–Crippen MR) is 104 cm³/mol. The van der Waals surface area contributed by atoms with Crippen molar-refractivity contribution in [3.8, 4) is 0 Å². The first-order valence-electron chi connectivity index (χ1n) is 9.85. The van der Waals surface area contributed by atoms with Gasteiger partial charge in [-0.05, 0) is 32.1 Å². The van der Waals surface area contributed by atoms with Crippen LogP contribution in [0.5, 0.6) is 0 Å². The molecular weight excluding hydrogens is 352 g/mol. The Labute approximate surface area is 158 Å². The molecule has 0 amide bonds. The van der Waals surface area contributed by atoms with Crippen LogP contribution in [0.15, 0.2) is 4.99 Å². The Morgan fingerprint density at radius 1 is 1.27 bits per heavy atom. The van der Waals surface area contributed by atoms with E-state index in [0.717, 1.165) is 44.9 Å². The van der Waals surface area contributed by atoms with E-state index in [0.29, 0.717) is 37.1 Å². The molecule has 0 radical (unpaired) electrons. The number of sulfonamides is 1. The van der Waals surface area contributed by atoms with Crippen molar-refractivity contribution in [1.82, 2.24) is 14.9 Å². The minimum atomic E-state index is -3.06. The van der Waals surface area contributed by atoms with Crippen LogP contribution in [0.3, 0.4) is 0 Å². The Hall–Kier alpha value is -0.860. The van der Waals surface area contributed by atoms with Gasteiger partial charge in [0.2, 0.25) is 10.0 Å². The topological polar surface area (TPSA) is 83.0 Å². The highest BCUT2D eigenvalue weighted by Crippen LogP contribution is 2.52. The number of nitrogens with one attached hydrogen (secondary N) is 2. The third kappa shape index (κ3) is 4.02. The van der Waals surface area contributed by atoms with Gasteiger partial charge >= 0.3 is 0 Å². The summed E-state index contributed by atoms with van der Waals surface area (Å²) in [7, 11) is -3.06. The standard InChI is InChI=1S/C18H34N4O3S/c1-5-19-17(21-15-14-8-11-25-16(14)18(15,2)3)20-12-13-6-9-22(10-7-13)26(4,23)24/h13-16H,5-12H2,1-4H3,(H2,19,20,21). The smallest absolute Gasteiger partial charge is 0.211 e. The summed E-state index contributed by atoms with van der Waals surface area (Å²) in [6, 6.07) is 0.389. The second-order valence-corrected chi connectivity index (χ2v) is 10.5. The van der Waals surface area contributed by atoms with Crippen LogP contribution in [-0.4, -0.2) is 69.9 Å². The number of ether oxygens (including phenoxy) is 1. The van der Waals surface area contributed by atoms with Gasteiger partial charge in [-0.25, -0.2) is 12.7 Å². The quantitative estimate of drug-likeness (QED) is 0.545. The molecule has 3 rings (SSSR count). The molecule has 0 spiro atoms. The van der Waals surface area contributed by atoms with Gasteiger partial charge in [-0.3, -0.25) is 4.99 Å². The van der Waals surface area contributed by atoms with Crippen molar-refractivity contribution in [3.63, 3.8) is 0 Å². The fraction of sp³-hybridized carbons (Fsp3) is 0.944. The maximum atomic E-state index is 11.6. The van der Waals surface area contributed by atoms with Gasteiger partial charge in [0.25, 0.3) is 0 Å². The van der Waals surface area contributed by atoms with E-state index in [1.807, 2.05) is 0 Å². The molecule has 7 nitrogen and oxygen atoms in total. The lowest BCUT2D eigenvalue weighted by atomic mass is 9.57. The summed E-state index contributed by atoms with van der Waals surface area (Å²) in [6.45, 7) is 10.3. The van der Waals surface area contributed by atoms with Gasteiger partial charge in [-0.1, -0.05) is 13.8 Å². The Balaban J connectivity index is 1.55. The Bertz CT molecular complexity index is 626. The highest BCUT2D eigenvalue weighted by Gasteiger charge is 2.59. The molecule has 26 heavy (non-hydrogen) atoms. The third-order valence-electron chi connectivity index (χ3n) is 6.29. The predicted octanol–water partition coefficient (Wildman–Crippen LogP) is 1.03. The molecule has 3 aliphatic rings. The van der Waals surface area contributed by atoms with Crippen molar-refractivity contribution in [2.24, 2.45) is 22.2 Å². The molecule has 3 fully saturated rings. The molecule has 8 heteroatoms. The van der Waals surface area contributed by atoms with E-state index < -0.39 is 10.0 Å². The molecule has 2 aliphatic heterocycles. The number of guanidine groups is 1. The van der Waals surface area contributed by atoms with Gasteiger partial charge in [0.15, 0.2) is 5.96 Å². The van der Waals surface area contributed by atoms with E-state index in [9.17, 15) is 8.42 Å². The summed E-state index contributed by atoms with van der Waals surface area (Å²) < 4.78 is 30.7. The largest absolute Gasteiger partial charge is 0.377 e. The van der Waals surface area contributed by atoms with Gasteiger partial charge in [0.05, 0.1) is 12.4 Å². The number of piperidine rings is 1. The number of rotatable bonds is 5. The SMILES string of the molecule is CCNC(=NCC1CCN(S(C)(=O)=O)CC1)NC1C2CCOC2C1(C)C. The molecule has 0 bridgehead atoms. The minimum Gasteiger partial charge on any atom is -0.377 e. The van der Waals surface area contributed by atoms with Gasteiger partial charge in [-0.15, -0.1) is 0 Å². The van der Waals surface area contributed by atoms with Crippen molar-refractivity contribution in [1.29, 1.82) is 0 Å². The molecule has 150 valence electrons. The van der Waals surface area contributed by atoms with Crippen LogP contribution in [-0.2, 0) is 14.8 Å².